The summed E-state index contributed by atoms with van der Waals surface area (Å²) in [4.78, 5) is 25.8. The molecule has 5 heteroatoms. The Bertz CT molecular complexity index is 1050. The number of hydrogen-bond acceptors (Lipinski definition) is 4. The standard InChI is InChI=1S/C22H17NO3S/c1-14-9-10-27-20(14)12-18-17-11-16(7-8-19(17)23-21(18)24)22(25)26-13-15-5-3-2-4-6-15/h2-12H,13H2,1H3,(H,23,24). The zero-order valence-electron chi connectivity index (χ0n) is 14.7. The van der Waals surface area contributed by atoms with E-state index in [2.05, 4.69) is 5.32 Å². The number of fused-ring (bicyclic) bond motifs is 1. The molecule has 3 aromatic rings. The van der Waals surface area contributed by atoms with Gasteiger partial charge >= 0.3 is 5.97 Å². The van der Waals surface area contributed by atoms with E-state index in [4.69, 9.17) is 4.74 Å². The van der Waals surface area contributed by atoms with Crippen molar-refractivity contribution in [2.75, 3.05) is 5.32 Å². The Hall–Kier alpha value is -3.18. The van der Waals surface area contributed by atoms with Crippen LogP contribution in [-0.4, -0.2) is 11.9 Å². The smallest absolute Gasteiger partial charge is 0.338 e. The maximum Gasteiger partial charge on any atom is 0.338 e. The molecule has 0 spiro atoms. The fourth-order valence-corrected chi connectivity index (χ4v) is 3.79. The summed E-state index contributed by atoms with van der Waals surface area (Å²) in [6.45, 7) is 2.22. The highest BCUT2D eigenvalue weighted by molar-refractivity contribution is 7.11. The van der Waals surface area contributed by atoms with E-state index in [-0.39, 0.29) is 12.5 Å². The fourth-order valence-electron chi connectivity index (χ4n) is 2.93. The molecule has 0 unspecified atom stereocenters. The van der Waals surface area contributed by atoms with Crippen LogP contribution in [0.3, 0.4) is 0 Å². The maximum absolute atomic E-state index is 12.4. The van der Waals surface area contributed by atoms with Crippen LogP contribution in [-0.2, 0) is 16.1 Å². The second-order valence-electron chi connectivity index (χ2n) is 6.30. The minimum absolute atomic E-state index is 0.160. The van der Waals surface area contributed by atoms with Crippen LogP contribution in [0.1, 0.15) is 31.9 Å². The van der Waals surface area contributed by atoms with Gasteiger partial charge in [0, 0.05) is 16.1 Å². The lowest BCUT2D eigenvalue weighted by molar-refractivity contribution is -0.110. The van der Waals surface area contributed by atoms with Gasteiger partial charge in [-0.05, 0) is 53.8 Å². The molecule has 134 valence electrons. The molecule has 1 aliphatic heterocycles. The summed E-state index contributed by atoms with van der Waals surface area (Å²) in [7, 11) is 0. The van der Waals surface area contributed by atoms with Crippen molar-refractivity contribution >= 4 is 40.5 Å². The zero-order valence-corrected chi connectivity index (χ0v) is 15.5. The molecule has 2 aromatic carbocycles. The van der Waals surface area contributed by atoms with Crippen molar-refractivity contribution in [3.8, 4) is 0 Å². The number of ether oxygens (including phenoxy) is 1. The van der Waals surface area contributed by atoms with Crippen LogP contribution in [0.2, 0.25) is 0 Å². The van der Waals surface area contributed by atoms with Crippen molar-refractivity contribution in [1.29, 1.82) is 0 Å². The Balaban J connectivity index is 1.59. The van der Waals surface area contributed by atoms with E-state index in [1.807, 2.05) is 54.8 Å². The van der Waals surface area contributed by atoms with E-state index in [0.717, 1.165) is 21.6 Å². The highest BCUT2D eigenvalue weighted by atomic mass is 32.1. The molecule has 0 atom stereocenters. The summed E-state index contributed by atoms with van der Waals surface area (Å²) in [6.07, 6.45) is 1.88. The van der Waals surface area contributed by atoms with Gasteiger partial charge in [-0.1, -0.05) is 30.3 Å². The number of thiophene rings is 1. The number of benzene rings is 2. The summed E-state index contributed by atoms with van der Waals surface area (Å²) in [6, 6.07) is 16.7. The Kier molecular flexibility index (Phi) is 4.60. The first-order valence-corrected chi connectivity index (χ1v) is 9.42. The predicted octanol–water partition coefficient (Wildman–Crippen LogP) is 4.91. The van der Waals surface area contributed by atoms with Crippen LogP contribution >= 0.6 is 11.3 Å². The molecule has 0 radical (unpaired) electrons. The molecule has 27 heavy (non-hydrogen) atoms. The van der Waals surface area contributed by atoms with Gasteiger partial charge in [0.15, 0.2) is 0 Å². The van der Waals surface area contributed by atoms with Crippen LogP contribution in [0, 0.1) is 6.92 Å². The summed E-state index contributed by atoms with van der Waals surface area (Å²) >= 11 is 1.58. The highest BCUT2D eigenvalue weighted by Gasteiger charge is 2.26. The van der Waals surface area contributed by atoms with Crippen molar-refractivity contribution in [3.05, 3.63) is 87.1 Å². The van der Waals surface area contributed by atoms with E-state index in [9.17, 15) is 9.59 Å². The number of nitrogens with one attached hydrogen (secondary N) is 1. The second-order valence-corrected chi connectivity index (χ2v) is 7.25. The van der Waals surface area contributed by atoms with Crippen LogP contribution in [0.4, 0.5) is 5.69 Å². The third-order valence-corrected chi connectivity index (χ3v) is 5.39. The van der Waals surface area contributed by atoms with Crippen molar-refractivity contribution in [2.24, 2.45) is 0 Å². The van der Waals surface area contributed by atoms with Crippen molar-refractivity contribution in [2.45, 2.75) is 13.5 Å². The van der Waals surface area contributed by atoms with Crippen LogP contribution < -0.4 is 5.32 Å². The number of anilines is 1. The third-order valence-electron chi connectivity index (χ3n) is 4.43. The topological polar surface area (TPSA) is 55.4 Å². The number of carbonyl (C=O) groups is 2. The van der Waals surface area contributed by atoms with Gasteiger partial charge in [0.05, 0.1) is 11.1 Å². The number of carbonyl (C=O) groups excluding carboxylic acids is 2. The normalized spacial score (nSPS) is 14.1. The summed E-state index contributed by atoms with van der Waals surface area (Å²) in [5, 5.41) is 4.84. The SMILES string of the molecule is Cc1ccsc1C=C1C(=O)Nc2ccc(C(=O)OCc3ccccc3)cc21. The molecule has 0 saturated heterocycles. The highest BCUT2D eigenvalue weighted by Crippen LogP contribution is 2.35. The Labute approximate surface area is 161 Å². The minimum Gasteiger partial charge on any atom is -0.457 e. The quantitative estimate of drug-likeness (QED) is 0.521. The molecule has 1 amide bonds. The average molecular weight is 375 g/mol. The number of rotatable bonds is 4. The van der Waals surface area contributed by atoms with Crippen molar-refractivity contribution in [1.82, 2.24) is 0 Å². The van der Waals surface area contributed by atoms with Gasteiger partial charge in [-0.3, -0.25) is 4.79 Å². The second kappa shape index (κ2) is 7.21. The molecule has 0 bridgehead atoms. The molecule has 4 nitrogen and oxygen atoms in total. The Morgan fingerprint density at radius 3 is 2.70 bits per heavy atom. The fraction of sp³-hybridized carbons (Fsp3) is 0.0909. The lowest BCUT2D eigenvalue weighted by Gasteiger charge is -2.06. The lowest BCUT2D eigenvalue weighted by Crippen LogP contribution is -2.05. The number of aryl methyl sites for hydroxylation is 1. The molecule has 1 N–H and O–H groups in total. The molecule has 4 rings (SSSR count). The lowest BCUT2D eigenvalue weighted by atomic mass is 10.0. The van der Waals surface area contributed by atoms with Gasteiger partial charge in [-0.15, -0.1) is 11.3 Å². The summed E-state index contributed by atoms with van der Waals surface area (Å²) in [5.74, 6) is -0.569. The Morgan fingerprint density at radius 2 is 1.96 bits per heavy atom. The molecule has 1 aromatic heterocycles. The number of esters is 1. The molecular formula is C22H17NO3S. The Morgan fingerprint density at radius 1 is 1.15 bits per heavy atom. The van der Waals surface area contributed by atoms with E-state index in [1.54, 1.807) is 29.5 Å². The zero-order chi connectivity index (χ0) is 18.8. The van der Waals surface area contributed by atoms with Gasteiger partial charge in [0.1, 0.15) is 6.61 Å². The maximum atomic E-state index is 12.4. The molecule has 0 saturated carbocycles. The third kappa shape index (κ3) is 3.55. The number of hydrogen-bond donors (Lipinski definition) is 1. The van der Waals surface area contributed by atoms with Crippen LogP contribution in [0.15, 0.2) is 60.0 Å². The van der Waals surface area contributed by atoms with E-state index in [1.165, 1.54) is 0 Å². The monoisotopic (exact) mass is 375 g/mol. The van der Waals surface area contributed by atoms with Crippen molar-refractivity contribution < 1.29 is 14.3 Å². The van der Waals surface area contributed by atoms with Crippen LogP contribution in [0.5, 0.6) is 0 Å². The molecular weight excluding hydrogens is 358 g/mol. The van der Waals surface area contributed by atoms with Crippen molar-refractivity contribution in [3.63, 3.8) is 0 Å². The summed E-state index contributed by atoms with van der Waals surface area (Å²) in [5.41, 5.74) is 4.47. The van der Waals surface area contributed by atoms with Crippen LogP contribution in [0.25, 0.3) is 11.6 Å². The molecule has 2 heterocycles. The largest absolute Gasteiger partial charge is 0.457 e. The van der Waals surface area contributed by atoms with Gasteiger partial charge in [-0.25, -0.2) is 4.79 Å². The number of amides is 1. The molecule has 0 aliphatic carbocycles. The minimum atomic E-state index is -0.410. The first-order valence-electron chi connectivity index (χ1n) is 8.54. The first-order chi connectivity index (χ1) is 13.1. The molecule has 0 fully saturated rings. The predicted molar refractivity (Wildman–Crippen MR) is 108 cm³/mol. The van der Waals surface area contributed by atoms with E-state index in [0.29, 0.717) is 16.8 Å². The van der Waals surface area contributed by atoms with Gasteiger partial charge in [0.2, 0.25) is 0 Å². The van der Waals surface area contributed by atoms with Gasteiger partial charge in [-0.2, -0.15) is 0 Å². The molecule has 1 aliphatic rings. The summed E-state index contributed by atoms with van der Waals surface area (Å²) < 4.78 is 5.40. The van der Waals surface area contributed by atoms with E-state index >= 15 is 0 Å². The van der Waals surface area contributed by atoms with Gasteiger partial charge < -0.3 is 10.1 Å². The average Bonchev–Trinajstić information content (AvgIpc) is 3.23. The first kappa shape index (κ1) is 17.2. The van der Waals surface area contributed by atoms with Gasteiger partial charge in [0.25, 0.3) is 5.91 Å². The van der Waals surface area contributed by atoms with E-state index < -0.39 is 5.97 Å².